The van der Waals surface area contributed by atoms with Crippen molar-refractivity contribution in [3.8, 4) is 0 Å². The van der Waals surface area contributed by atoms with Gasteiger partial charge in [-0.05, 0) is 17.8 Å². The number of rotatable bonds is 4. The molecule has 19 heavy (non-hydrogen) atoms. The van der Waals surface area contributed by atoms with Gasteiger partial charge in [-0.1, -0.05) is 27.7 Å². The van der Waals surface area contributed by atoms with Crippen molar-refractivity contribution in [1.29, 1.82) is 0 Å². The number of anilines is 1. The van der Waals surface area contributed by atoms with Crippen LogP contribution in [-0.2, 0) is 0 Å². The second-order valence-electron chi connectivity index (χ2n) is 5.79. The lowest BCUT2D eigenvalue weighted by molar-refractivity contribution is -0.385. The smallest absolute Gasteiger partial charge is 0.305 e. The molecule has 1 aromatic heterocycles. The molecular formula is C13H20N4O2. The first-order valence-electron chi connectivity index (χ1n) is 6.65. The Morgan fingerprint density at radius 2 is 1.84 bits per heavy atom. The normalized spacial score (nSPS) is 22.7. The molecule has 0 N–H and O–H groups in total. The summed E-state index contributed by atoms with van der Waals surface area (Å²) < 4.78 is 0. The lowest BCUT2D eigenvalue weighted by Crippen LogP contribution is -2.61. The molecule has 0 spiro atoms. The molecule has 2 heterocycles. The van der Waals surface area contributed by atoms with E-state index in [0.717, 1.165) is 6.54 Å². The summed E-state index contributed by atoms with van der Waals surface area (Å²) in [6.45, 7) is 9.77. The van der Waals surface area contributed by atoms with Gasteiger partial charge in [-0.25, -0.2) is 9.97 Å². The van der Waals surface area contributed by atoms with Crippen LogP contribution in [0.1, 0.15) is 27.7 Å². The van der Waals surface area contributed by atoms with Crippen molar-refractivity contribution in [3.63, 3.8) is 0 Å². The average molecular weight is 264 g/mol. The molecular weight excluding hydrogens is 244 g/mol. The van der Waals surface area contributed by atoms with Crippen LogP contribution in [0, 0.1) is 27.9 Å². The van der Waals surface area contributed by atoms with Crippen LogP contribution in [0.4, 0.5) is 11.6 Å². The third kappa shape index (κ3) is 2.52. The van der Waals surface area contributed by atoms with Crippen molar-refractivity contribution < 1.29 is 4.92 Å². The largest absolute Gasteiger partial charge is 0.337 e. The first-order valence-corrected chi connectivity index (χ1v) is 6.65. The van der Waals surface area contributed by atoms with Crippen LogP contribution in [0.3, 0.4) is 0 Å². The van der Waals surface area contributed by atoms with Gasteiger partial charge in [-0.15, -0.1) is 0 Å². The number of nitro groups is 1. The quantitative estimate of drug-likeness (QED) is 0.617. The molecule has 1 fully saturated rings. The molecule has 0 saturated carbocycles. The summed E-state index contributed by atoms with van der Waals surface area (Å²) in [5.41, 5.74) is -0.0641. The number of nitrogens with zero attached hydrogens (tertiary/aromatic N) is 4. The van der Waals surface area contributed by atoms with E-state index in [-0.39, 0.29) is 5.69 Å². The molecule has 0 radical (unpaired) electrons. The Kier molecular flexibility index (Phi) is 3.68. The van der Waals surface area contributed by atoms with Gasteiger partial charge in [0.05, 0.1) is 4.92 Å². The monoisotopic (exact) mass is 264 g/mol. The molecule has 0 aliphatic carbocycles. The first-order chi connectivity index (χ1) is 8.91. The van der Waals surface area contributed by atoms with Gasteiger partial charge in [0.2, 0.25) is 5.95 Å². The lowest BCUT2D eigenvalue weighted by atomic mass is 9.75. The van der Waals surface area contributed by atoms with Gasteiger partial charge in [0, 0.05) is 12.6 Å². The first kappa shape index (κ1) is 13.7. The van der Waals surface area contributed by atoms with E-state index in [4.69, 9.17) is 0 Å². The minimum atomic E-state index is -0.475. The Bertz CT molecular complexity index is 458. The third-order valence-electron chi connectivity index (χ3n) is 3.84. The fourth-order valence-corrected chi connectivity index (χ4v) is 2.78. The van der Waals surface area contributed by atoms with Crippen molar-refractivity contribution in [2.24, 2.45) is 17.8 Å². The molecule has 2 atom stereocenters. The number of hydrogen-bond donors (Lipinski definition) is 0. The van der Waals surface area contributed by atoms with Gasteiger partial charge in [0.1, 0.15) is 12.4 Å². The maximum absolute atomic E-state index is 10.6. The molecule has 1 aliphatic heterocycles. The van der Waals surface area contributed by atoms with E-state index >= 15 is 0 Å². The summed E-state index contributed by atoms with van der Waals surface area (Å²) in [6.07, 6.45) is 2.56. The minimum absolute atomic E-state index is 0.0641. The van der Waals surface area contributed by atoms with Gasteiger partial charge >= 0.3 is 5.69 Å². The van der Waals surface area contributed by atoms with Crippen molar-refractivity contribution in [2.75, 3.05) is 11.4 Å². The molecule has 104 valence electrons. The van der Waals surface area contributed by atoms with Gasteiger partial charge in [-0.2, -0.15) is 0 Å². The average Bonchev–Trinajstić information content (AvgIpc) is 2.26. The highest BCUT2D eigenvalue weighted by Gasteiger charge is 2.43. The van der Waals surface area contributed by atoms with Gasteiger partial charge in [0.15, 0.2) is 0 Å². The van der Waals surface area contributed by atoms with Crippen LogP contribution in [-0.4, -0.2) is 27.5 Å². The summed E-state index contributed by atoms with van der Waals surface area (Å²) in [7, 11) is 0. The second-order valence-corrected chi connectivity index (χ2v) is 5.79. The van der Waals surface area contributed by atoms with Gasteiger partial charge < -0.3 is 4.90 Å². The second kappa shape index (κ2) is 5.11. The lowest BCUT2D eigenvalue weighted by Gasteiger charge is -2.52. The van der Waals surface area contributed by atoms with Crippen LogP contribution in [0.5, 0.6) is 0 Å². The van der Waals surface area contributed by atoms with Crippen LogP contribution in [0.25, 0.3) is 0 Å². The van der Waals surface area contributed by atoms with Crippen molar-refractivity contribution >= 4 is 11.6 Å². The highest BCUT2D eigenvalue weighted by molar-refractivity contribution is 5.39. The Hall–Kier alpha value is -1.72. The SMILES string of the molecule is CC(C)[C@H]1CN(c2ncc([N+](=O)[O-])cn2)[C@@H]1C(C)C. The zero-order chi connectivity index (χ0) is 14.2. The minimum Gasteiger partial charge on any atom is -0.337 e. The van der Waals surface area contributed by atoms with E-state index < -0.39 is 4.92 Å². The highest BCUT2D eigenvalue weighted by Crippen LogP contribution is 2.37. The van der Waals surface area contributed by atoms with Crippen molar-refractivity contribution in [2.45, 2.75) is 33.7 Å². The maximum atomic E-state index is 10.6. The predicted octanol–water partition coefficient (Wildman–Crippen LogP) is 2.50. The molecule has 0 amide bonds. The molecule has 0 unspecified atom stereocenters. The van der Waals surface area contributed by atoms with Crippen LogP contribution in [0.2, 0.25) is 0 Å². The number of aromatic nitrogens is 2. The zero-order valence-electron chi connectivity index (χ0n) is 11.8. The summed E-state index contributed by atoms with van der Waals surface area (Å²) in [5.74, 6) is 2.38. The predicted molar refractivity (Wildman–Crippen MR) is 73.0 cm³/mol. The van der Waals surface area contributed by atoms with E-state index in [1.807, 2.05) is 0 Å². The molecule has 0 bridgehead atoms. The maximum Gasteiger partial charge on any atom is 0.305 e. The highest BCUT2D eigenvalue weighted by atomic mass is 16.6. The summed E-state index contributed by atoms with van der Waals surface area (Å²) in [4.78, 5) is 20.5. The van der Waals surface area contributed by atoms with Crippen LogP contribution in [0.15, 0.2) is 12.4 Å². The van der Waals surface area contributed by atoms with Crippen molar-refractivity contribution in [3.05, 3.63) is 22.5 Å². The summed E-state index contributed by atoms with van der Waals surface area (Å²) in [5, 5.41) is 10.6. The Balaban J connectivity index is 2.16. The standard InChI is InChI=1S/C13H20N4O2/c1-8(2)11-7-16(12(11)9(3)4)13-14-5-10(6-15-13)17(18)19/h5-6,8-9,11-12H,7H2,1-4H3/t11-,12-/m1/s1. The van der Waals surface area contributed by atoms with E-state index in [1.165, 1.54) is 12.4 Å². The van der Waals surface area contributed by atoms with Crippen LogP contribution < -0.4 is 4.90 Å². The third-order valence-corrected chi connectivity index (χ3v) is 3.84. The van der Waals surface area contributed by atoms with E-state index in [0.29, 0.717) is 29.7 Å². The van der Waals surface area contributed by atoms with E-state index in [1.54, 1.807) is 0 Å². The Morgan fingerprint density at radius 3 is 2.26 bits per heavy atom. The number of hydrogen-bond acceptors (Lipinski definition) is 5. The fourth-order valence-electron chi connectivity index (χ4n) is 2.78. The molecule has 0 aromatic carbocycles. The fraction of sp³-hybridized carbons (Fsp3) is 0.692. The molecule has 1 aromatic rings. The van der Waals surface area contributed by atoms with Crippen molar-refractivity contribution in [1.82, 2.24) is 9.97 Å². The topological polar surface area (TPSA) is 72.2 Å². The zero-order valence-corrected chi connectivity index (χ0v) is 11.8. The summed E-state index contributed by atoms with van der Waals surface area (Å²) >= 11 is 0. The summed E-state index contributed by atoms with van der Waals surface area (Å²) in [6, 6.07) is 0.418. The van der Waals surface area contributed by atoms with Gasteiger partial charge in [-0.3, -0.25) is 10.1 Å². The molecule has 1 aliphatic rings. The molecule has 1 saturated heterocycles. The van der Waals surface area contributed by atoms with Gasteiger partial charge in [0.25, 0.3) is 0 Å². The molecule has 6 nitrogen and oxygen atoms in total. The molecule has 2 rings (SSSR count). The van der Waals surface area contributed by atoms with Crippen LogP contribution >= 0.6 is 0 Å². The Labute approximate surface area is 113 Å². The molecule has 6 heteroatoms. The van der Waals surface area contributed by atoms with E-state index in [2.05, 4.69) is 42.6 Å². The van der Waals surface area contributed by atoms with E-state index in [9.17, 15) is 10.1 Å². The Morgan fingerprint density at radius 1 is 1.26 bits per heavy atom.